The number of thiophene rings is 7. The van der Waals surface area contributed by atoms with Crippen molar-refractivity contribution >= 4 is 79.4 Å². The van der Waals surface area contributed by atoms with Gasteiger partial charge in [-0.2, -0.15) is 0 Å². The van der Waals surface area contributed by atoms with Gasteiger partial charge in [0.1, 0.15) is 6.17 Å². The molecule has 45 heavy (non-hydrogen) atoms. The van der Waals surface area contributed by atoms with Crippen molar-refractivity contribution in [2.45, 2.75) is 57.5 Å². The van der Waals surface area contributed by atoms with Gasteiger partial charge in [-0.3, -0.25) is 0 Å². The van der Waals surface area contributed by atoms with E-state index < -0.39 is 6.17 Å². The van der Waals surface area contributed by atoms with E-state index in [0.29, 0.717) is 6.42 Å². The molecule has 8 heteroatoms. The maximum atomic E-state index is 15.3. The second kappa shape index (κ2) is 10.9. The molecular formula is C37H27FS7. The van der Waals surface area contributed by atoms with E-state index in [1.165, 1.54) is 97.7 Å². The Hall–Kier alpha value is -2.17. The van der Waals surface area contributed by atoms with Crippen LogP contribution in [-0.2, 0) is 32.1 Å². The number of halogens is 1. The second-order valence-corrected chi connectivity index (χ2v) is 19.2. The predicted octanol–water partition coefficient (Wildman–Crippen LogP) is 14.1. The van der Waals surface area contributed by atoms with Crippen molar-refractivity contribution in [3.63, 3.8) is 0 Å². The van der Waals surface area contributed by atoms with Gasteiger partial charge in [0.05, 0.1) is 4.88 Å². The molecule has 0 radical (unpaired) electrons. The summed E-state index contributed by atoms with van der Waals surface area (Å²) >= 11 is 13.3. The topological polar surface area (TPSA) is 0 Å². The molecule has 10 rings (SSSR count). The van der Waals surface area contributed by atoms with Crippen LogP contribution in [0.25, 0.3) is 58.5 Å². The molecule has 7 aromatic heterocycles. The van der Waals surface area contributed by atoms with Crippen LogP contribution >= 0.6 is 79.4 Å². The van der Waals surface area contributed by atoms with Crippen molar-refractivity contribution in [3.8, 4) is 58.5 Å². The molecule has 0 spiro atoms. The molecule has 3 aliphatic rings. The van der Waals surface area contributed by atoms with Gasteiger partial charge in [-0.1, -0.05) is 12.1 Å². The third-order valence-corrected chi connectivity index (χ3v) is 18.3. The maximum absolute atomic E-state index is 15.3. The standard InChI is InChI=1S/C37H27FS7/c38-24-12-11-23-31(24)37(45-36(23)26-10-4-18-40-26)30-16-15-29(42-30)35-22-8-2-7-21(22)34(44-35)28-14-13-27(41-28)33-20-6-1-5-19(20)32(43-33)25-9-3-17-39-25/h3-4,9-10,13-18,24H,1-2,5-8,11-12H2. The lowest BCUT2D eigenvalue weighted by Gasteiger charge is -2.02. The molecule has 0 bridgehead atoms. The molecule has 0 N–H and O–H groups in total. The van der Waals surface area contributed by atoms with E-state index in [9.17, 15) is 0 Å². The average molecular weight is 715 g/mol. The van der Waals surface area contributed by atoms with Crippen molar-refractivity contribution < 1.29 is 4.39 Å². The number of hydrogen-bond acceptors (Lipinski definition) is 7. The third kappa shape index (κ3) is 4.40. The minimum absolute atomic E-state index is 0.621. The summed E-state index contributed by atoms with van der Waals surface area (Å²) in [7, 11) is 0. The lowest BCUT2D eigenvalue weighted by molar-refractivity contribution is 0.345. The smallest absolute Gasteiger partial charge is 0.127 e. The molecule has 0 aromatic carbocycles. The lowest BCUT2D eigenvalue weighted by atomic mass is 10.1. The van der Waals surface area contributed by atoms with E-state index >= 15 is 4.39 Å². The molecule has 0 saturated heterocycles. The molecule has 0 nitrogen and oxygen atoms in total. The van der Waals surface area contributed by atoms with Crippen LogP contribution in [0.5, 0.6) is 0 Å². The molecule has 224 valence electrons. The van der Waals surface area contributed by atoms with Gasteiger partial charge < -0.3 is 0 Å². The Kier molecular flexibility index (Phi) is 6.78. The zero-order valence-corrected chi connectivity index (χ0v) is 30.0. The van der Waals surface area contributed by atoms with Crippen LogP contribution in [0.3, 0.4) is 0 Å². The van der Waals surface area contributed by atoms with Crippen molar-refractivity contribution in [1.29, 1.82) is 0 Å². The highest BCUT2D eigenvalue weighted by atomic mass is 32.1. The summed E-state index contributed by atoms with van der Waals surface area (Å²) in [6.45, 7) is 0. The van der Waals surface area contributed by atoms with Crippen molar-refractivity contribution in [1.82, 2.24) is 0 Å². The van der Waals surface area contributed by atoms with E-state index in [1.54, 1.807) is 33.6 Å². The van der Waals surface area contributed by atoms with E-state index in [2.05, 4.69) is 59.3 Å². The summed E-state index contributed by atoms with van der Waals surface area (Å²) in [5.74, 6) is 0. The number of rotatable bonds is 6. The summed E-state index contributed by atoms with van der Waals surface area (Å²) < 4.78 is 15.3. The zero-order chi connectivity index (χ0) is 29.6. The number of alkyl halides is 1. The first-order valence-corrected chi connectivity index (χ1v) is 21.4. The number of fused-ring (bicyclic) bond motifs is 3. The third-order valence-electron chi connectivity index (χ3n) is 9.55. The highest BCUT2D eigenvalue weighted by Crippen LogP contribution is 2.56. The first kappa shape index (κ1) is 27.9. The molecule has 0 aliphatic heterocycles. The molecule has 1 atom stereocenters. The molecule has 7 aromatic rings. The van der Waals surface area contributed by atoms with Crippen LogP contribution in [0.1, 0.15) is 58.8 Å². The molecule has 1 unspecified atom stereocenters. The Morgan fingerprint density at radius 2 is 0.867 bits per heavy atom. The van der Waals surface area contributed by atoms with Crippen molar-refractivity contribution in [2.24, 2.45) is 0 Å². The van der Waals surface area contributed by atoms with Crippen molar-refractivity contribution in [3.05, 3.63) is 92.7 Å². The molecular weight excluding hydrogens is 688 g/mol. The predicted molar refractivity (Wildman–Crippen MR) is 200 cm³/mol. The van der Waals surface area contributed by atoms with Gasteiger partial charge in [-0.15, -0.1) is 79.4 Å². The fourth-order valence-electron chi connectivity index (χ4n) is 7.57. The van der Waals surface area contributed by atoms with E-state index in [0.717, 1.165) is 16.9 Å². The highest BCUT2D eigenvalue weighted by Gasteiger charge is 2.33. The Balaban J connectivity index is 1.02. The minimum atomic E-state index is -0.845. The average Bonchev–Trinajstić information content (AvgIpc) is 3.89. The summed E-state index contributed by atoms with van der Waals surface area (Å²) in [5, 5.41) is 4.34. The Bertz CT molecular complexity index is 2190. The van der Waals surface area contributed by atoms with E-state index in [1.807, 2.05) is 68.0 Å². The van der Waals surface area contributed by atoms with Crippen LogP contribution < -0.4 is 0 Å². The fourth-order valence-corrected chi connectivity index (χ4v) is 16.1. The molecule has 0 fully saturated rings. The first-order chi connectivity index (χ1) is 22.2. The minimum Gasteiger partial charge on any atom is -0.242 e. The van der Waals surface area contributed by atoms with Gasteiger partial charge in [0.25, 0.3) is 0 Å². The van der Waals surface area contributed by atoms with E-state index in [-0.39, 0.29) is 0 Å². The van der Waals surface area contributed by atoms with Gasteiger partial charge in [0, 0.05) is 59.2 Å². The van der Waals surface area contributed by atoms with Crippen molar-refractivity contribution in [2.75, 3.05) is 0 Å². The van der Waals surface area contributed by atoms with Crippen LogP contribution in [0, 0.1) is 0 Å². The van der Waals surface area contributed by atoms with Gasteiger partial charge in [0.15, 0.2) is 0 Å². The quantitative estimate of drug-likeness (QED) is 0.161. The van der Waals surface area contributed by atoms with Gasteiger partial charge >= 0.3 is 0 Å². The monoisotopic (exact) mass is 714 g/mol. The van der Waals surface area contributed by atoms with Crippen LogP contribution in [0.4, 0.5) is 4.39 Å². The zero-order valence-electron chi connectivity index (χ0n) is 24.2. The van der Waals surface area contributed by atoms with Crippen LogP contribution in [0.2, 0.25) is 0 Å². The van der Waals surface area contributed by atoms with Gasteiger partial charge in [0.2, 0.25) is 0 Å². The lowest BCUT2D eigenvalue weighted by Crippen LogP contribution is -1.83. The molecule has 0 amide bonds. The SMILES string of the molecule is FC1CCc2c(-c3cccs3)sc(-c3ccc(-c4sc(-c5ccc(-c6sc(-c7cccs7)c7c6CCC7)s5)c5c4CCC5)s3)c21. The van der Waals surface area contributed by atoms with Gasteiger partial charge in [-0.25, -0.2) is 4.39 Å². The maximum Gasteiger partial charge on any atom is 0.127 e. The summed E-state index contributed by atoms with van der Waals surface area (Å²) in [4.78, 5) is 16.5. The summed E-state index contributed by atoms with van der Waals surface area (Å²) in [6, 6.07) is 18.1. The molecule has 7 heterocycles. The van der Waals surface area contributed by atoms with Crippen LogP contribution in [0.15, 0.2) is 59.3 Å². The largest absolute Gasteiger partial charge is 0.242 e. The Morgan fingerprint density at radius 3 is 1.33 bits per heavy atom. The summed E-state index contributed by atoms with van der Waals surface area (Å²) in [5.41, 5.74) is 8.59. The number of hydrogen-bond donors (Lipinski definition) is 0. The Labute approximate surface area is 290 Å². The summed E-state index contributed by atoms with van der Waals surface area (Å²) in [6.07, 6.45) is 7.92. The van der Waals surface area contributed by atoms with E-state index in [4.69, 9.17) is 0 Å². The van der Waals surface area contributed by atoms with Crippen LogP contribution in [-0.4, -0.2) is 0 Å². The first-order valence-electron chi connectivity index (χ1n) is 15.6. The fraction of sp³-hybridized carbons (Fsp3) is 0.243. The highest BCUT2D eigenvalue weighted by molar-refractivity contribution is 7.31. The second-order valence-electron chi connectivity index (χ2n) is 12.1. The Morgan fingerprint density at radius 1 is 0.444 bits per heavy atom. The normalized spacial score (nSPS) is 17.0. The van der Waals surface area contributed by atoms with Gasteiger partial charge in [-0.05, 0) is 126 Å². The molecule has 3 aliphatic carbocycles. The molecule has 0 saturated carbocycles.